The molecule has 14 heavy (non-hydrogen) atoms. The number of hydrogen-bond donors (Lipinski definition) is 0. The summed E-state index contributed by atoms with van der Waals surface area (Å²) in [6, 6.07) is 0. The van der Waals surface area contributed by atoms with Crippen molar-refractivity contribution in [1.29, 1.82) is 0 Å². The molecular formula is C8H19NO5. The second-order valence-electron chi connectivity index (χ2n) is 2.45. The first-order valence-corrected chi connectivity index (χ1v) is 4.28. The van der Waals surface area contributed by atoms with Gasteiger partial charge in [0.2, 0.25) is 0 Å². The highest BCUT2D eigenvalue weighted by Crippen LogP contribution is 2.15. The summed E-state index contributed by atoms with van der Waals surface area (Å²) in [7, 11) is 5.95. The molecule has 0 aromatic carbocycles. The van der Waals surface area contributed by atoms with E-state index in [9.17, 15) is 0 Å². The van der Waals surface area contributed by atoms with E-state index in [2.05, 4.69) is 0 Å². The highest BCUT2D eigenvalue weighted by atomic mass is 17.0. The van der Waals surface area contributed by atoms with Crippen LogP contribution >= 0.6 is 0 Å². The van der Waals surface area contributed by atoms with E-state index in [0.717, 1.165) is 0 Å². The monoisotopic (exact) mass is 209 g/mol. The van der Waals surface area contributed by atoms with E-state index in [-0.39, 0.29) is 6.61 Å². The molecule has 0 radical (unpaired) electrons. The standard InChI is InChI=1S/C8H19NO5/c1-6-9(13-5)14-8(11-3,12-4)7-10-2/h6-7H2,1-5H3. The van der Waals surface area contributed by atoms with Gasteiger partial charge in [0.1, 0.15) is 6.61 Å². The van der Waals surface area contributed by atoms with Gasteiger partial charge in [0.05, 0.1) is 7.11 Å². The minimum Gasteiger partial charge on any atom is -0.376 e. The number of ether oxygens (including phenoxy) is 3. The van der Waals surface area contributed by atoms with E-state index >= 15 is 0 Å². The number of hydrogen-bond acceptors (Lipinski definition) is 6. The molecule has 0 heterocycles. The molecule has 0 bridgehead atoms. The topological polar surface area (TPSA) is 49.4 Å². The van der Waals surface area contributed by atoms with E-state index < -0.39 is 5.97 Å². The third kappa shape index (κ3) is 3.87. The molecule has 0 aliphatic heterocycles. The third-order valence-electron chi connectivity index (χ3n) is 1.65. The second-order valence-corrected chi connectivity index (χ2v) is 2.45. The van der Waals surface area contributed by atoms with Crippen molar-refractivity contribution < 1.29 is 23.9 Å². The van der Waals surface area contributed by atoms with E-state index in [1.807, 2.05) is 6.92 Å². The van der Waals surface area contributed by atoms with Gasteiger partial charge in [-0.3, -0.25) is 4.84 Å². The van der Waals surface area contributed by atoms with Crippen LogP contribution in [0.25, 0.3) is 0 Å². The van der Waals surface area contributed by atoms with Crippen LogP contribution in [-0.4, -0.2) is 52.8 Å². The predicted molar refractivity (Wildman–Crippen MR) is 49.1 cm³/mol. The SMILES string of the molecule is CCN(OC)OC(COC)(OC)OC. The lowest BCUT2D eigenvalue weighted by atomic mass is 10.6. The Morgan fingerprint density at radius 3 is 1.93 bits per heavy atom. The van der Waals surface area contributed by atoms with Gasteiger partial charge in [-0.25, -0.2) is 4.84 Å². The van der Waals surface area contributed by atoms with Gasteiger partial charge in [0.25, 0.3) is 0 Å². The minimum absolute atomic E-state index is 0.139. The van der Waals surface area contributed by atoms with E-state index in [0.29, 0.717) is 6.54 Å². The highest BCUT2D eigenvalue weighted by molar-refractivity contribution is 4.51. The molecule has 0 saturated heterocycles. The summed E-state index contributed by atoms with van der Waals surface area (Å²) in [6.45, 7) is 2.54. The van der Waals surface area contributed by atoms with Crippen molar-refractivity contribution >= 4 is 0 Å². The quantitative estimate of drug-likeness (QED) is 0.426. The zero-order valence-electron chi connectivity index (χ0n) is 9.40. The fourth-order valence-electron chi connectivity index (χ4n) is 0.865. The summed E-state index contributed by atoms with van der Waals surface area (Å²) in [6.07, 6.45) is 0. The van der Waals surface area contributed by atoms with E-state index in [1.165, 1.54) is 33.7 Å². The molecule has 0 saturated carbocycles. The van der Waals surface area contributed by atoms with Crippen LogP contribution in [0.4, 0.5) is 0 Å². The second kappa shape index (κ2) is 7.10. The Labute approximate surface area is 84.5 Å². The first-order valence-electron chi connectivity index (χ1n) is 4.28. The van der Waals surface area contributed by atoms with Crippen LogP contribution in [0.3, 0.4) is 0 Å². The van der Waals surface area contributed by atoms with Crippen molar-refractivity contribution in [3.63, 3.8) is 0 Å². The Morgan fingerprint density at radius 1 is 1.07 bits per heavy atom. The first kappa shape index (κ1) is 13.8. The summed E-state index contributed by atoms with van der Waals surface area (Å²) in [5.41, 5.74) is 0. The predicted octanol–water partition coefficient (Wildman–Crippen LogP) is 0.394. The van der Waals surface area contributed by atoms with Crippen molar-refractivity contribution in [3.05, 3.63) is 0 Å². The summed E-state index contributed by atoms with van der Waals surface area (Å²) in [5, 5.41) is 1.24. The fourth-order valence-corrected chi connectivity index (χ4v) is 0.865. The molecule has 0 unspecified atom stereocenters. The zero-order chi connectivity index (χ0) is 11.0. The largest absolute Gasteiger partial charge is 0.376 e. The summed E-state index contributed by atoms with van der Waals surface area (Å²) in [4.78, 5) is 10.2. The average molecular weight is 209 g/mol. The Kier molecular flexibility index (Phi) is 6.98. The minimum atomic E-state index is -1.26. The van der Waals surface area contributed by atoms with Gasteiger partial charge in [-0.1, -0.05) is 5.23 Å². The molecule has 0 spiro atoms. The smallest absolute Gasteiger partial charge is 0.325 e. The van der Waals surface area contributed by atoms with Crippen molar-refractivity contribution in [1.82, 2.24) is 5.23 Å². The molecule has 0 aromatic rings. The normalized spacial score (nSPS) is 12.4. The summed E-state index contributed by atoms with van der Waals surface area (Å²) < 4.78 is 15.1. The van der Waals surface area contributed by atoms with Gasteiger partial charge < -0.3 is 14.2 Å². The maximum absolute atomic E-state index is 5.32. The van der Waals surface area contributed by atoms with Gasteiger partial charge in [-0.15, -0.1) is 0 Å². The van der Waals surface area contributed by atoms with Crippen LogP contribution in [0, 0.1) is 0 Å². The lowest BCUT2D eigenvalue weighted by Crippen LogP contribution is -2.47. The Balaban J connectivity index is 4.31. The molecule has 6 heteroatoms. The van der Waals surface area contributed by atoms with E-state index in [1.54, 1.807) is 0 Å². The number of hydroxylamine groups is 2. The van der Waals surface area contributed by atoms with Gasteiger partial charge in [0.15, 0.2) is 0 Å². The van der Waals surface area contributed by atoms with Crippen LogP contribution in [0.15, 0.2) is 0 Å². The third-order valence-corrected chi connectivity index (χ3v) is 1.65. The maximum atomic E-state index is 5.32. The number of rotatable bonds is 8. The Bertz CT molecular complexity index is 136. The lowest BCUT2D eigenvalue weighted by Gasteiger charge is -2.32. The van der Waals surface area contributed by atoms with Crippen molar-refractivity contribution in [2.75, 3.05) is 41.6 Å². The van der Waals surface area contributed by atoms with Crippen LogP contribution in [0.5, 0.6) is 0 Å². The molecule has 0 aliphatic carbocycles. The number of nitrogens with zero attached hydrogens (tertiary/aromatic N) is 1. The molecule has 0 amide bonds. The van der Waals surface area contributed by atoms with Crippen LogP contribution < -0.4 is 0 Å². The summed E-state index contributed by atoms with van der Waals surface area (Å²) >= 11 is 0. The van der Waals surface area contributed by atoms with Crippen molar-refractivity contribution in [3.8, 4) is 0 Å². The average Bonchev–Trinajstić information content (AvgIpc) is 2.24. The molecule has 0 rings (SSSR count). The van der Waals surface area contributed by atoms with Gasteiger partial charge >= 0.3 is 5.97 Å². The highest BCUT2D eigenvalue weighted by Gasteiger charge is 2.34. The molecule has 86 valence electrons. The van der Waals surface area contributed by atoms with Crippen LogP contribution in [-0.2, 0) is 23.9 Å². The molecule has 0 atom stereocenters. The fraction of sp³-hybridized carbons (Fsp3) is 1.00. The Hall–Kier alpha value is -0.240. The molecule has 0 N–H and O–H groups in total. The molecule has 0 aliphatic rings. The Morgan fingerprint density at radius 2 is 1.64 bits per heavy atom. The lowest BCUT2D eigenvalue weighted by molar-refractivity contribution is -0.507. The van der Waals surface area contributed by atoms with Gasteiger partial charge in [-0.05, 0) is 6.92 Å². The van der Waals surface area contributed by atoms with Crippen molar-refractivity contribution in [2.45, 2.75) is 12.9 Å². The maximum Gasteiger partial charge on any atom is 0.325 e. The van der Waals surface area contributed by atoms with Gasteiger partial charge in [-0.2, -0.15) is 0 Å². The van der Waals surface area contributed by atoms with E-state index in [4.69, 9.17) is 23.9 Å². The van der Waals surface area contributed by atoms with Crippen molar-refractivity contribution in [2.24, 2.45) is 0 Å². The molecule has 6 nitrogen and oxygen atoms in total. The van der Waals surface area contributed by atoms with Crippen LogP contribution in [0.2, 0.25) is 0 Å². The molecular weight excluding hydrogens is 190 g/mol. The zero-order valence-corrected chi connectivity index (χ0v) is 9.40. The van der Waals surface area contributed by atoms with Gasteiger partial charge in [0, 0.05) is 27.9 Å². The van der Waals surface area contributed by atoms with Crippen LogP contribution in [0.1, 0.15) is 6.92 Å². The summed E-state index contributed by atoms with van der Waals surface area (Å²) in [5.74, 6) is -1.26. The molecule has 0 aromatic heterocycles. The number of methoxy groups -OCH3 is 3. The molecule has 0 fully saturated rings. The first-order chi connectivity index (χ1) is 6.67.